The first-order chi connectivity index (χ1) is 8.02. The summed E-state index contributed by atoms with van der Waals surface area (Å²) in [5.74, 6) is -0.681. The fraction of sp³-hybridized carbons (Fsp3) is 0.200. The van der Waals surface area contributed by atoms with E-state index >= 15 is 0 Å². The van der Waals surface area contributed by atoms with Gasteiger partial charge in [-0.3, -0.25) is 10.1 Å². The third-order valence-electron chi connectivity index (χ3n) is 1.93. The normalized spacial score (nSPS) is 9.47. The third kappa shape index (κ3) is 2.60. The summed E-state index contributed by atoms with van der Waals surface area (Å²) in [5, 5.41) is 19.6. The van der Waals surface area contributed by atoms with Gasteiger partial charge in [-0.25, -0.2) is 4.79 Å². The standard InChI is InChI=1S/C10H7BrN2O4/c1-2-17-10(14)6-3-4-8(13(15)16)9(11)7(6)5-12/h3-4H,2H2,1H3. The van der Waals surface area contributed by atoms with Crippen molar-refractivity contribution >= 4 is 27.6 Å². The van der Waals surface area contributed by atoms with Crippen molar-refractivity contribution < 1.29 is 14.5 Å². The Bertz CT molecular complexity index is 522. The van der Waals surface area contributed by atoms with Gasteiger partial charge < -0.3 is 4.74 Å². The van der Waals surface area contributed by atoms with Crippen LogP contribution in [-0.4, -0.2) is 17.5 Å². The number of nitro benzene ring substituents is 1. The first kappa shape index (κ1) is 13.1. The number of halogens is 1. The summed E-state index contributed by atoms with van der Waals surface area (Å²) in [4.78, 5) is 21.5. The molecular weight excluding hydrogens is 292 g/mol. The fourth-order valence-corrected chi connectivity index (χ4v) is 1.77. The van der Waals surface area contributed by atoms with E-state index in [2.05, 4.69) is 15.9 Å². The molecule has 0 aliphatic heterocycles. The van der Waals surface area contributed by atoms with Gasteiger partial charge in [0, 0.05) is 6.07 Å². The van der Waals surface area contributed by atoms with Crippen LogP contribution in [0.5, 0.6) is 0 Å². The molecule has 6 nitrogen and oxygen atoms in total. The molecule has 0 radical (unpaired) electrons. The Morgan fingerprint density at radius 1 is 1.65 bits per heavy atom. The lowest BCUT2D eigenvalue weighted by Gasteiger charge is -2.05. The molecule has 0 heterocycles. The second-order valence-corrected chi connectivity index (χ2v) is 3.70. The number of carbonyl (C=O) groups excluding carboxylic acids is 1. The van der Waals surface area contributed by atoms with Crippen molar-refractivity contribution in [2.24, 2.45) is 0 Å². The molecule has 1 aromatic carbocycles. The van der Waals surface area contributed by atoms with Crippen LogP contribution in [0.25, 0.3) is 0 Å². The van der Waals surface area contributed by atoms with Crippen LogP contribution < -0.4 is 0 Å². The van der Waals surface area contributed by atoms with Crippen molar-refractivity contribution in [1.29, 1.82) is 5.26 Å². The monoisotopic (exact) mass is 298 g/mol. The molecule has 0 saturated heterocycles. The zero-order chi connectivity index (χ0) is 13.0. The van der Waals surface area contributed by atoms with E-state index in [1.807, 2.05) is 0 Å². The van der Waals surface area contributed by atoms with Gasteiger partial charge in [-0.1, -0.05) is 0 Å². The molecule has 0 aliphatic carbocycles. The molecule has 88 valence electrons. The second kappa shape index (κ2) is 5.41. The molecule has 17 heavy (non-hydrogen) atoms. The lowest BCUT2D eigenvalue weighted by Crippen LogP contribution is -2.08. The summed E-state index contributed by atoms with van der Waals surface area (Å²) < 4.78 is 4.73. The number of esters is 1. The van der Waals surface area contributed by atoms with Crippen molar-refractivity contribution in [2.45, 2.75) is 6.92 Å². The predicted molar refractivity (Wildman–Crippen MR) is 61.5 cm³/mol. The highest BCUT2D eigenvalue weighted by Crippen LogP contribution is 2.30. The molecule has 0 spiro atoms. The first-order valence-electron chi connectivity index (χ1n) is 4.57. The summed E-state index contributed by atoms with van der Waals surface area (Å²) in [6, 6.07) is 4.10. The van der Waals surface area contributed by atoms with Crippen LogP contribution in [0.15, 0.2) is 16.6 Å². The maximum atomic E-state index is 11.5. The van der Waals surface area contributed by atoms with Crippen LogP contribution in [0.2, 0.25) is 0 Å². The number of rotatable bonds is 3. The van der Waals surface area contributed by atoms with Gasteiger partial charge in [0.2, 0.25) is 0 Å². The quantitative estimate of drug-likeness (QED) is 0.485. The number of nitrogens with zero attached hydrogens (tertiary/aromatic N) is 2. The molecular formula is C10H7BrN2O4. The minimum Gasteiger partial charge on any atom is -0.462 e. The summed E-state index contributed by atoms with van der Waals surface area (Å²) in [5.41, 5.74) is -0.362. The molecule has 0 bridgehead atoms. The lowest BCUT2D eigenvalue weighted by molar-refractivity contribution is -0.385. The van der Waals surface area contributed by atoms with Crippen LogP contribution in [-0.2, 0) is 4.74 Å². The summed E-state index contributed by atoms with van der Waals surface area (Å²) in [7, 11) is 0. The van der Waals surface area contributed by atoms with Crippen LogP contribution in [0, 0.1) is 21.4 Å². The molecule has 1 aromatic rings. The van der Waals surface area contributed by atoms with Gasteiger partial charge in [0.25, 0.3) is 5.69 Å². The van der Waals surface area contributed by atoms with E-state index in [4.69, 9.17) is 10.00 Å². The molecule has 1 rings (SSSR count). The maximum Gasteiger partial charge on any atom is 0.339 e. The number of carbonyl (C=O) groups is 1. The number of nitro groups is 1. The van der Waals surface area contributed by atoms with E-state index in [1.54, 1.807) is 13.0 Å². The molecule has 0 saturated carbocycles. The van der Waals surface area contributed by atoms with Gasteiger partial charge in [-0.2, -0.15) is 5.26 Å². The van der Waals surface area contributed by atoms with Gasteiger partial charge in [-0.05, 0) is 28.9 Å². The molecule has 0 N–H and O–H groups in total. The van der Waals surface area contributed by atoms with Crippen molar-refractivity contribution in [3.05, 3.63) is 37.8 Å². The van der Waals surface area contributed by atoms with Crippen LogP contribution in [0.3, 0.4) is 0 Å². The Hall–Kier alpha value is -1.94. The topological polar surface area (TPSA) is 93.2 Å². The minimum absolute atomic E-state index is 0.00632. The van der Waals surface area contributed by atoms with Gasteiger partial charge >= 0.3 is 5.97 Å². The SMILES string of the molecule is CCOC(=O)c1ccc([N+](=O)[O-])c(Br)c1C#N. The second-order valence-electron chi connectivity index (χ2n) is 2.91. The van der Waals surface area contributed by atoms with E-state index < -0.39 is 10.9 Å². The number of ether oxygens (including phenoxy) is 1. The number of nitriles is 1. The molecule has 0 aliphatic rings. The van der Waals surface area contributed by atoms with Gasteiger partial charge in [0.1, 0.15) is 10.5 Å². The highest BCUT2D eigenvalue weighted by atomic mass is 79.9. The van der Waals surface area contributed by atoms with E-state index in [-0.39, 0.29) is 27.9 Å². The number of hydrogen-bond acceptors (Lipinski definition) is 5. The lowest BCUT2D eigenvalue weighted by atomic mass is 10.1. The molecule has 0 unspecified atom stereocenters. The molecule has 0 fully saturated rings. The Kier molecular flexibility index (Phi) is 4.17. The van der Waals surface area contributed by atoms with Crippen LogP contribution in [0.4, 0.5) is 5.69 Å². The van der Waals surface area contributed by atoms with Crippen molar-refractivity contribution in [1.82, 2.24) is 0 Å². The van der Waals surface area contributed by atoms with E-state index in [9.17, 15) is 14.9 Å². The highest BCUT2D eigenvalue weighted by Gasteiger charge is 2.22. The van der Waals surface area contributed by atoms with Gasteiger partial charge in [-0.15, -0.1) is 0 Å². The first-order valence-corrected chi connectivity index (χ1v) is 5.36. The Morgan fingerprint density at radius 2 is 2.29 bits per heavy atom. The van der Waals surface area contributed by atoms with Crippen molar-refractivity contribution in [2.75, 3.05) is 6.61 Å². The third-order valence-corrected chi connectivity index (χ3v) is 2.73. The Balaban J connectivity index is 3.37. The largest absolute Gasteiger partial charge is 0.462 e. The molecule has 0 amide bonds. The summed E-state index contributed by atoms with van der Waals surface area (Å²) >= 11 is 2.94. The molecule has 0 aromatic heterocycles. The predicted octanol–water partition coefficient (Wildman–Crippen LogP) is 2.41. The van der Waals surface area contributed by atoms with Gasteiger partial charge in [0.05, 0.1) is 22.7 Å². The zero-order valence-electron chi connectivity index (χ0n) is 8.77. The molecule has 0 atom stereocenters. The maximum absolute atomic E-state index is 11.5. The van der Waals surface area contributed by atoms with Crippen LogP contribution in [0.1, 0.15) is 22.8 Å². The smallest absolute Gasteiger partial charge is 0.339 e. The fourth-order valence-electron chi connectivity index (χ4n) is 1.19. The van der Waals surface area contributed by atoms with Gasteiger partial charge in [0.15, 0.2) is 0 Å². The Labute approximate surface area is 105 Å². The van der Waals surface area contributed by atoms with E-state index in [0.29, 0.717) is 0 Å². The van der Waals surface area contributed by atoms with Crippen molar-refractivity contribution in [3.63, 3.8) is 0 Å². The van der Waals surface area contributed by atoms with E-state index in [0.717, 1.165) is 6.07 Å². The number of hydrogen-bond donors (Lipinski definition) is 0. The average molecular weight is 299 g/mol. The average Bonchev–Trinajstić information content (AvgIpc) is 2.28. The van der Waals surface area contributed by atoms with E-state index in [1.165, 1.54) is 6.07 Å². The minimum atomic E-state index is -0.681. The highest BCUT2D eigenvalue weighted by molar-refractivity contribution is 9.10. The van der Waals surface area contributed by atoms with Crippen LogP contribution >= 0.6 is 15.9 Å². The molecule has 7 heteroatoms. The summed E-state index contributed by atoms with van der Waals surface area (Å²) in [6.07, 6.45) is 0. The van der Waals surface area contributed by atoms with Crippen molar-refractivity contribution in [3.8, 4) is 6.07 Å². The zero-order valence-corrected chi connectivity index (χ0v) is 10.4. The Morgan fingerprint density at radius 3 is 2.76 bits per heavy atom. The number of benzene rings is 1. The summed E-state index contributed by atoms with van der Waals surface area (Å²) in [6.45, 7) is 1.79.